The monoisotopic (exact) mass is 380 g/mol. The zero-order valence-corrected chi connectivity index (χ0v) is 15.6. The summed E-state index contributed by atoms with van der Waals surface area (Å²) in [4.78, 5) is 29.8. The van der Waals surface area contributed by atoms with E-state index in [1.807, 2.05) is 59.2 Å². The molecule has 136 valence electrons. The van der Waals surface area contributed by atoms with E-state index in [1.165, 1.54) is 11.6 Å². The van der Waals surface area contributed by atoms with E-state index < -0.39 is 5.69 Å². The van der Waals surface area contributed by atoms with Crippen molar-refractivity contribution < 1.29 is 0 Å². The van der Waals surface area contributed by atoms with Crippen LogP contribution in [0.2, 0.25) is 5.02 Å². The number of hydrogen-bond acceptors (Lipinski definition) is 3. The van der Waals surface area contributed by atoms with Crippen LogP contribution in [0.4, 0.5) is 0 Å². The van der Waals surface area contributed by atoms with Crippen LogP contribution in [0, 0.1) is 0 Å². The van der Waals surface area contributed by atoms with Gasteiger partial charge in [0.05, 0.1) is 0 Å². The lowest BCUT2D eigenvalue weighted by molar-refractivity contribution is 0.702. The zero-order valence-electron chi connectivity index (χ0n) is 14.9. The molecule has 0 unspecified atom stereocenters. The molecule has 0 atom stereocenters. The van der Waals surface area contributed by atoms with Crippen molar-refractivity contribution in [3.63, 3.8) is 0 Å². The first-order chi connectivity index (χ1) is 13.0. The van der Waals surface area contributed by atoms with Crippen LogP contribution < -0.4 is 11.2 Å². The summed E-state index contributed by atoms with van der Waals surface area (Å²) in [6.07, 6.45) is 0. The summed E-state index contributed by atoms with van der Waals surface area (Å²) in [5, 5.41) is 0.649. The van der Waals surface area contributed by atoms with Gasteiger partial charge in [-0.25, -0.2) is 9.78 Å². The number of fused-ring (bicyclic) bond motifs is 1. The molecule has 4 rings (SSSR count). The number of aryl methyl sites for hydroxylation is 1. The Bertz CT molecular complexity index is 1250. The third-order valence-electron chi connectivity index (χ3n) is 4.63. The molecule has 27 heavy (non-hydrogen) atoms. The smallest absolute Gasteiger partial charge is 0.314 e. The topological polar surface area (TPSA) is 61.8 Å². The third-order valence-corrected chi connectivity index (χ3v) is 4.89. The molecule has 0 fully saturated rings. The highest BCUT2D eigenvalue weighted by atomic mass is 35.5. The molecule has 0 aliphatic carbocycles. The van der Waals surface area contributed by atoms with Gasteiger partial charge in [-0.3, -0.25) is 13.9 Å². The fourth-order valence-corrected chi connectivity index (χ4v) is 3.31. The Balaban J connectivity index is 2.05. The molecule has 0 saturated heterocycles. The average Bonchev–Trinajstić information content (AvgIpc) is 3.06. The maximum Gasteiger partial charge on any atom is 0.332 e. The van der Waals surface area contributed by atoms with Gasteiger partial charge in [-0.1, -0.05) is 54.1 Å². The molecule has 0 amide bonds. The van der Waals surface area contributed by atoms with Crippen LogP contribution in [0.15, 0.2) is 64.2 Å². The van der Waals surface area contributed by atoms with E-state index >= 15 is 0 Å². The number of nitrogens with zero attached hydrogens (tertiary/aromatic N) is 4. The molecule has 0 saturated carbocycles. The molecule has 0 N–H and O–H groups in total. The summed E-state index contributed by atoms with van der Waals surface area (Å²) < 4.78 is 4.37. The highest BCUT2D eigenvalue weighted by Gasteiger charge is 2.20. The van der Waals surface area contributed by atoms with Crippen LogP contribution in [0.25, 0.3) is 22.6 Å². The minimum atomic E-state index is -0.400. The Morgan fingerprint density at radius 3 is 2.26 bits per heavy atom. The van der Waals surface area contributed by atoms with Crippen molar-refractivity contribution in [1.29, 1.82) is 0 Å². The van der Waals surface area contributed by atoms with Gasteiger partial charge >= 0.3 is 5.69 Å². The molecule has 7 heteroatoms. The minimum Gasteiger partial charge on any atom is -0.314 e. The van der Waals surface area contributed by atoms with Crippen molar-refractivity contribution in [2.45, 2.75) is 6.54 Å². The number of hydrogen-bond donors (Lipinski definition) is 0. The van der Waals surface area contributed by atoms with Crippen LogP contribution in [0.1, 0.15) is 5.56 Å². The summed E-state index contributed by atoms with van der Waals surface area (Å²) in [6.45, 7) is 0.436. The molecule has 2 heterocycles. The van der Waals surface area contributed by atoms with Crippen LogP contribution in [-0.2, 0) is 20.6 Å². The molecule has 0 aliphatic heterocycles. The summed E-state index contributed by atoms with van der Waals surface area (Å²) in [5.74, 6) is 0.638. The van der Waals surface area contributed by atoms with E-state index in [0.29, 0.717) is 28.6 Å². The second-order valence-electron chi connectivity index (χ2n) is 6.39. The van der Waals surface area contributed by atoms with Gasteiger partial charge in [-0.15, -0.1) is 0 Å². The van der Waals surface area contributed by atoms with Crippen molar-refractivity contribution in [2.75, 3.05) is 0 Å². The van der Waals surface area contributed by atoms with Crippen molar-refractivity contribution in [3.05, 3.63) is 86.0 Å². The number of benzene rings is 2. The molecule has 0 aliphatic rings. The molecule has 2 aromatic heterocycles. The Kier molecular flexibility index (Phi) is 4.20. The summed E-state index contributed by atoms with van der Waals surface area (Å²) in [5.41, 5.74) is 1.85. The standard InChI is InChI=1S/C20H17ClN4O2/c1-23-18-16(19(26)24(2)20(23)27)25(12-13-8-10-15(21)11-9-13)17(22-18)14-6-4-3-5-7-14/h3-11H,12H2,1-2H3. The molecule has 0 radical (unpaired) electrons. The fraction of sp³-hybridized carbons (Fsp3) is 0.150. The normalized spacial score (nSPS) is 11.2. The fourth-order valence-electron chi connectivity index (χ4n) is 3.18. The van der Waals surface area contributed by atoms with E-state index in [-0.39, 0.29) is 5.56 Å². The SMILES string of the molecule is Cn1c(=O)c2c(nc(-c3ccccc3)n2Cc2ccc(Cl)cc2)n(C)c1=O. The van der Waals surface area contributed by atoms with Crippen molar-refractivity contribution in [2.24, 2.45) is 14.1 Å². The highest BCUT2D eigenvalue weighted by molar-refractivity contribution is 6.30. The molecular formula is C20H17ClN4O2. The number of imidazole rings is 1. The minimum absolute atomic E-state index is 0.364. The third kappa shape index (κ3) is 2.88. The molecule has 0 spiro atoms. The lowest BCUT2D eigenvalue weighted by atomic mass is 10.2. The maximum atomic E-state index is 12.9. The quantitative estimate of drug-likeness (QED) is 0.549. The Morgan fingerprint density at radius 1 is 0.926 bits per heavy atom. The van der Waals surface area contributed by atoms with Gasteiger partial charge in [0.15, 0.2) is 11.2 Å². The Hall–Kier alpha value is -3.12. The Morgan fingerprint density at radius 2 is 1.59 bits per heavy atom. The van der Waals surface area contributed by atoms with Crippen LogP contribution in [0.3, 0.4) is 0 Å². The first-order valence-corrected chi connectivity index (χ1v) is 8.81. The van der Waals surface area contributed by atoms with Crippen molar-refractivity contribution in [3.8, 4) is 11.4 Å². The molecule has 0 bridgehead atoms. The van der Waals surface area contributed by atoms with E-state index in [4.69, 9.17) is 11.6 Å². The van der Waals surface area contributed by atoms with Gasteiger partial charge in [-0.05, 0) is 17.7 Å². The predicted molar refractivity (Wildman–Crippen MR) is 106 cm³/mol. The second kappa shape index (κ2) is 6.55. The Labute approximate surface area is 159 Å². The number of aromatic nitrogens is 4. The van der Waals surface area contributed by atoms with Gasteiger partial charge in [-0.2, -0.15) is 0 Å². The number of rotatable bonds is 3. The lowest BCUT2D eigenvalue weighted by Crippen LogP contribution is -2.37. The van der Waals surface area contributed by atoms with Gasteiger partial charge < -0.3 is 4.57 Å². The largest absolute Gasteiger partial charge is 0.332 e. The zero-order chi connectivity index (χ0) is 19.1. The molecule has 4 aromatic rings. The van der Waals surface area contributed by atoms with Gasteiger partial charge in [0, 0.05) is 31.2 Å². The average molecular weight is 381 g/mol. The van der Waals surface area contributed by atoms with Crippen LogP contribution in [-0.4, -0.2) is 18.7 Å². The molecule has 2 aromatic carbocycles. The van der Waals surface area contributed by atoms with E-state index in [0.717, 1.165) is 15.7 Å². The van der Waals surface area contributed by atoms with E-state index in [1.54, 1.807) is 7.05 Å². The molecular weight excluding hydrogens is 364 g/mol. The first kappa shape index (κ1) is 17.3. The summed E-state index contributed by atoms with van der Waals surface area (Å²) >= 11 is 5.99. The van der Waals surface area contributed by atoms with Gasteiger partial charge in [0.25, 0.3) is 5.56 Å². The van der Waals surface area contributed by atoms with E-state index in [2.05, 4.69) is 4.98 Å². The van der Waals surface area contributed by atoms with Crippen molar-refractivity contribution >= 4 is 22.8 Å². The number of halogens is 1. The lowest BCUT2D eigenvalue weighted by Gasteiger charge is -2.10. The van der Waals surface area contributed by atoms with Crippen LogP contribution in [0.5, 0.6) is 0 Å². The van der Waals surface area contributed by atoms with Gasteiger partial charge in [0.1, 0.15) is 5.82 Å². The van der Waals surface area contributed by atoms with Gasteiger partial charge in [0.2, 0.25) is 0 Å². The van der Waals surface area contributed by atoms with Crippen LogP contribution >= 0.6 is 11.6 Å². The highest BCUT2D eigenvalue weighted by Crippen LogP contribution is 2.24. The second-order valence-corrected chi connectivity index (χ2v) is 6.83. The predicted octanol–water partition coefficient (Wildman–Crippen LogP) is 2.80. The first-order valence-electron chi connectivity index (χ1n) is 8.43. The van der Waals surface area contributed by atoms with Crippen molar-refractivity contribution in [1.82, 2.24) is 18.7 Å². The summed E-state index contributed by atoms with van der Waals surface area (Å²) in [7, 11) is 3.10. The summed E-state index contributed by atoms with van der Waals surface area (Å²) in [6, 6.07) is 17.1. The van der Waals surface area contributed by atoms with E-state index in [9.17, 15) is 9.59 Å². The molecule has 6 nitrogen and oxygen atoms in total. The maximum absolute atomic E-state index is 12.9.